The molecule has 2 fully saturated rings. The molecular weight excluding hydrogens is 526 g/mol. The minimum absolute atomic E-state index is 0.0854. The van der Waals surface area contributed by atoms with Gasteiger partial charge in [0.25, 0.3) is 15.9 Å². The van der Waals surface area contributed by atoms with Crippen molar-refractivity contribution in [2.45, 2.75) is 30.1 Å². The van der Waals surface area contributed by atoms with E-state index in [0.29, 0.717) is 54.7 Å². The third-order valence-electron chi connectivity index (χ3n) is 7.76. The smallest absolute Gasteiger partial charge is 0.264 e. The van der Waals surface area contributed by atoms with Gasteiger partial charge >= 0.3 is 0 Å². The number of carbonyl (C=O) groups excluding carboxylic acids is 1. The van der Waals surface area contributed by atoms with Gasteiger partial charge in [0, 0.05) is 60.6 Å². The summed E-state index contributed by atoms with van der Waals surface area (Å²) in [6, 6.07) is 19.3. The van der Waals surface area contributed by atoms with Crippen LogP contribution < -0.4 is 14.4 Å². The number of para-hydroxylation sites is 1. The number of amides is 1. The highest BCUT2D eigenvalue weighted by molar-refractivity contribution is 7.93. The normalized spacial score (nSPS) is 16.0. The number of piperazine rings is 1. The molecule has 0 bridgehead atoms. The standard InChI is InChI=1S/C30H31N5O4S/c1-39-29-26(15-14-25(32-29)21-5-2-6-21)34-17-19-35(20-18-34)30(36)23-10-12-24(13-11-23)33-40(37,38)27-9-3-7-22-8-4-16-31-28(22)27/h3-4,7-16,21,33H,2,5-6,17-20H2,1H3. The molecule has 1 saturated heterocycles. The van der Waals surface area contributed by atoms with Crippen molar-refractivity contribution in [2.24, 2.45) is 0 Å². The monoisotopic (exact) mass is 557 g/mol. The van der Waals surface area contributed by atoms with Crippen molar-refractivity contribution in [3.63, 3.8) is 0 Å². The number of rotatable bonds is 7. The van der Waals surface area contributed by atoms with Crippen LogP contribution in [0.3, 0.4) is 0 Å². The van der Waals surface area contributed by atoms with Crippen molar-refractivity contribution >= 4 is 38.2 Å². The summed E-state index contributed by atoms with van der Waals surface area (Å²) >= 11 is 0. The van der Waals surface area contributed by atoms with E-state index in [-0.39, 0.29) is 10.8 Å². The van der Waals surface area contributed by atoms with E-state index in [4.69, 9.17) is 9.72 Å². The molecule has 0 spiro atoms. The first kappa shape index (κ1) is 26.1. The molecule has 1 saturated carbocycles. The second kappa shape index (κ2) is 10.8. The Hall–Kier alpha value is -4.18. The van der Waals surface area contributed by atoms with Crippen LogP contribution in [0.2, 0.25) is 0 Å². The molecule has 1 aliphatic carbocycles. The summed E-state index contributed by atoms with van der Waals surface area (Å²) in [5.41, 5.74) is 3.34. The number of hydrogen-bond acceptors (Lipinski definition) is 7. The van der Waals surface area contributed by atoms with Gasteiger partial charge in [0.1, 0.15) is 4.90 Å². The van der Waals surface area contributed by atoms with E-state index < -0.39 is 10.0 Å². The third kappa shape index (κ3) is 5.06. The fraction of sp³-hybridized carbons (Fsp3) is 0.300. The molecule has 2 aromatic heterocycles. The van der Waals surface area contributed by atoms with Crippen LogP contribution in [0.15, 0.2) is 77.8 Å². The number of anilines is 2. The van der Waals surface area contributed by atoms with Gasteiger partial charge in [-0.05, 0) is 61.4 Å². The molecule has 1 aliphatic heterocycles. The van der Waals surface area contributed by atoms with Gasteiger partial charge in [0.15, 0.2) is 0 Å². The molecule has 2 aliphatic rings. The van der Waals surface area contributed by atoms with Crippen LogP contribution in [-0.4, -0.2) is 62.5 Å². The Balaban J connectivity index is 1.10. The molecule has 0 unspecified atom stereocenters. The summed E-state index contributed by atoms with van der Waals surface area (Å²) in [5.74, 6) is 1.09. The third-order valence-corrected chi connectivity index (χ3v) is 9.17. The van der Waals surface area contributed by atoms with Crippen LogP contribution in [0.1, 0.15) is 41.2 Å². The Morgan fingerprint density at radius 1 is 0.950 bits per heavy atom. The average molecular weight is 558 g/mol. The zero-order valence-corrected chi connectivity index (χ0v) is 23.1. The fourth-order valence-corrected chi connectivity index (χ4v) is 6.53. The van der Waals surface area contributed by atoms with Crippen molar-refractivity contribution in [1.82, 2.24) is 14.9 Å². The number of carbonyl (C=O) groups is 1. The van der Waals surface area contributed by atoms with E-state index in [0.717, 1.165) is 16.8 Å². The van der Waals surface area contributed by atoms with Crippen molar-refractivity contribution in [3.05, 3.63) is 84.2 Å². The number of ether oxygens (including phenoxy) is 1. The maximum Gasteiger partial charge on any atom is 0.264 e. The van der Waals surface area contributed by atoms with Gasteiger partial charge < -0.3 is 14.5 Å². The summed E-state index contributed by atoms with van der Waals surface area (Å²) in [6.45, 7) is 2.47. The van der Waals surface area contributed by atoms with Gasteiger partial charge in [0.05, 0.1) is 18.3 Å². The van der Waals surface area contributed by atoms with Crippen LogP contribution in [0.25, 0.3) is 10.9 Å². The van der Waals surface area contributed by atoms with Crippen molar-refractivity contribution < 1.29 is 17.9 Å². The first-order valence-corrected chi connectivity index (χ1v) is 15.0. The topological polar surface area (TPSA) is 105 Å². The number of methoxy groups -OCH3 is 1. The Morgan fingerprint density at radius 3 is 2.40 bits per heavy atom. The minimum atomic E-state index is -3.87. The van der Waals surface area contributed by atoms with E-state index in [1.807, 2.05) is 17.0 Å². The summed E-state index contributed by atoms with van der Waals surface area (Å²) < 4.78 is 34.4. The molecular formula is C30H31N5O4S. The SMILES string of the molecule is COc1nc(C2CCC2)ccc1N1CCN(C(=O)c2ccc(NS(=O)(=O)c3cccc4cccnc34)cc2)CC1. The van der Waals surface area contributed by atoms with E-state index in [2.05, 4.69) is 26.7 Å². The van der Waals surface area contributed by atoms with Crippen LogP contribution >= 0.6 is 0 Å². The Bertz CT molecular complexity index is 1640. The fourth-order valence-electron chi connectivity index (χ4n) is 5.29. The molecule has 4 aromatic rings. The molecule has 3 heterocycles. The van der Waals surface area contributed by atoms with Gasteiger partial charge in [-0.1, -0.05) is 24.6 Å². The van der Waals surface area contributed by atoms with Crippen LogP contribution in [0.5, 0.6) is 5.88 Å². The molecule has 1 N–H and O–H groups in total. The first-order chi connectivity index (χ1) is 19.4. The number of fused-ring (bicyclic) bond motifs is 1. The minimum Gasteiger partial charge on any atom is -0.480 e. The first-order valence-electron chi connectivity index (χ1n) is 13.5. The molecule has 6 rings (SSSR count). The van der Waals surface area contributed by atoms with E-state index >= 15 is 0 Å². The van der Waals surface area contributed by atoms with Gasteiger partial charge in [-0.25, -0.2) is 13.4 Å². The zero-order chi connectivity index (χ0) is 27.7. The Morgan fingerprint density at radius 2 is 1.70 bits per heavy atom. The number of benzene rings is 2. The highest BCUT2D eigenvalue weighted by Gasteiger charge is 2.27. The lowest BCUT2D eigenvalue weighted by molar-refractivity contribution is 0.0746. The molecule has 40 heavy (non-hydrogen) atoms. The van der Waals surface area contributed by atoms with E-state index in [1.54, 1.807) is 49.7 Å². The maximum atomic E-state index is 13.2. The highest BCUT2D eigenvalue weighted by atomic mass is 32.2. The van der Waals surface area contributed by atoms with Gasteiger partial charge in [0.2, 0.25) is 5.88 Å². The lowest BCUT2D eigenvalue weighted by Gasteiger charge is -2.36. The molecule has 2 aromatic carbocycles. The van der Waals surface area contributed by atoms with Crippen molar-refractivity contribution in [3.8, 4) is 5.88 Å². The van der Waals surface area contributed by atoms with Gasteiger partial charge in [-0.15, -0.1) is 0 Å². The maximum absolute atomic E-state index is 13.2. The number of nitrogens with zero attached hydrogens (tertiary/aromatic N) is 4. The van der Waals surface area contributed by atoms with Crippen molar-refractivity contribution in [1.29, 1.82) is 0 Å². The molecule has 0 radical (unpaired) electrons. The number of sulfonamides is 1. The lowest BCUT2D eigenvalue weighted by Crippen LogP contribution is -2.49. The highest BCUT2D eigenvalue weighted by Crippen LogP contribution is 2.38. The van der Waals surface area contributed by atoms with E-state index in [9.17, 15) is 13.2 Å². The van der Waals surface area contributed by atoms with Gasteiger partial charge in [-0.2, -0.15) is 0 Å². The van der Waals surface area contributed by atoms with Gasteiger partial charge in [-0.3, -0.25) is 14.5 Å². The second-order valence-electron chi connectivity index (χ2n) is 10.2. The predicted octanol–water partition coefficient (Wildman–Crippen LogP) is 4.67. The van der Waals surface area contributed by atoms with Crippen molar-refractivity contribution in [2.75, 3.05) is 42.9 Å². The zero-order valence-electron chi connectivity index (χ0n) is 22.3. The summed E-state index contributed by atoms with van der Waals surface area (Å²) in [6.07, 6.45) is 5.20. The summed E-state index contributed by atoms with van der Waals surface area (Å²) in [4.78, 5) is 26.4. The number of aromatic nitrogens is 2. The molecule has 206 valence electrons. The number of nitrogens with one attached hydrogen (secondary N) is 1. The predicted molar refractivity (Wildman–Crippen MR) is 154 cm³/mol. The number of hydrogen-bond donors (Lipinski definition) is 1. The molecule has 0 atom stereocenters. The molecule has 10 heteroatoms. The molecule has 9 nitrogen and oxygen atoms in total. The second-order valence-corrected chi connectivity index (χ2v) is 11.8. The van der Waals surface area contributed by atoms with Crippen LogP contribution in [0, 0.1) is 0 Å². The quantitative estimate of drug-likeness (QED) is 0.352. The molecule has 1 amide bonds. The largest absolute Gasteiger partial charge is 0.480 e. The van der Waals surface area contributed by atoms with Crippen LogP contribution in [0.4, 0.5) is 11.4 Å². The summed E-state index contributed by atoms with van der Waals surface area (Å²) in [7, 11) is -2.21. The summed E-state index contributed by atoms with van der Waals surface area (Å²) in [5, 5.41) is 0.742. The average Bonchev–Trinajstić information content (AvgIpc) is 2.96. The Labute approximate surface area is 233 Å². The van der Waals surface area contributed by atoms with E-state index in [1.165, 1.54) is 25.3 Å². The number of pyridine rings is 2. The Kier molecular flexibility index (Phi) is 7.02. The van der Waals surface area contributed by atoms with Crippen LogP contribution in [-0.2, 0) is 10.0 Å². The lowest BCUT2D eigenvalue weighted by atomic mass is 9.83.